The van der Waals surface area contributed by atoms with E-state index < -0.39 is 0 Å². The van der Waals surface area contributed by atoms with Crippen LogP contribution in [-0.4, -0.2) is 55.9 Å². The van der Waals surface area contributed by atoms with Gasteiger partial charge >= 0.3 is 0 Å². The lowest BCUT2D eigenvalue weighted by Crippen LogP contribution is -2.24. The molecular formula is C27H26N4O6S. The summed E-state index contributed by atoms with van der Waals surface area (Å²) in [5, 5.41) is 4.90. The van der Waals surface area contributed by atoms with Crippen molar-refractivity contribution >= 4 is 34.8 Å². The van der Waals surface area contributed by atoms with Crippen LogP contribution in [0.25, 0.3) is 16.6 Å². The monoisotopic (exact) mass is 534 g/mol. The van der Waals surface area contributed by atoms with Gasteiger partial charge in [0.15, 0.2) is 5.16 Å². The number of aromatic nitrogens is 2. The Labute approximate surface area is 223 Å². The van der Waals surface area contributed by atoms with Crippen molar-refractivity contribution in [1.82, 2.24) is 15.0 Å². The second-order valence-electron chi connectivity index (χ2n) is 7.78. The van der Waals surface area contributed by atoms with E-state index in [0.717, 1.165) is 11.8 Å². The number of hydrogen-bond acceptors (Lipinski definition) is 9. The van der Waals surface area contributed by atoms with Crippen molar-refractivity contribution in [2.45, 2.75) is 5.16 Å². The first-order valence-electron chi connectivity index (χ1n) is 11.4. The maximum absolute atomic E-state index is 13.4. The minimum Gasteiger partial charge on any atom is -0.497 e. The lowest BCUT2D eigenvalue weighted by molar-refractivity contribution is -0.118. The van der Waals surface area contributed by atoms with E-state index in [1.165, 1.54) is 25.0 Å². The number of carbonyl (C=O) groups is 1. The first-order valence-corrected chi connectivity index (χ1v) is 12.4. The highest BCUT2D eigenvalue weighted by Crippen LogP contribution is 2.32. The fraction of sp³-hybridized carbons (Fsp3) is 0.185. The Kier molecular flexibility index (Phi) is 8.49. The van der Waals surface area contributed by atoms with Crippen LogP contribution in [0.2, 0.25) is 0 Å². The number of fused-ring (bicyclic) bond motifs is 1. The number of nitrogens with zero attached hydrogens (tertiary/aromatic N) is 3. The third-order valence-corrected chi connectivity index (χ3v) is 6.48. The van der Waals surface area contributed by atoms with Crippen molar-refractivity contribution in [3.63, 3.8) is 0 Å². The molecule has 0 aliphatic heterocycles. The maximum Gasteiger partial charge on any atom is 0.266 e. The van der Waals surface area contributed by atoms with Gasteiger partial charge in [0.25, 0.3) is 11.5 Å². The Morgan fingerprint density at radius 1 is 0.947 bits per heavy atom. The van der Waals surface area contributed by atoms with Gasteiger partial charge in [-0.2, -0.15) is 5.10 Å². The van der Waals surface area contributed by atoms with E-state index >= 15 is 0 Å². The number of amides is 1. The van der Waals surface area contributed by atoms with Crippen LogP contribution in [0.4, 0.5) is 0 Å². The summed E-state index contributed by atoms with van der Waals surface area (Å²) in [4.78, 5) is 30.6. The molecule has 1 N–H and O–H groups in total. The van der Waals surface area contributed by atoms with Crippen LogP contribution in [0.1, 0.15) is 5.56 Å². The van der Waals surface area contributed by atoms with Crippen molar-refractivity contribution in [3.8, 4) is 28.7 Å². The Bertz CT molecular complexity index is 1510. The molecule has 0 spiro atoms. The highest BCUT2D eigenvalue weighted by Gasteiger charge is 2.15. The standard InChI is InChI=1S/C27H26N4O6S/c1-34-18-11-9-17(10-12-18)31-26(33)20-7-5-6-8-22(20)29-27(31)38-16-25(32)30-28-15-21-23(36-3)13-19(35-2)14-24(21)37-4/h5-15H,16H2,1-4H3,(H,30,32)/b28-15+. The molecule has 0 unspecified atom stereocenters. The zero-order chi connectivity index (χ0) is 27.1. The summed E-state index contributed by atoms with van der Waals surface area (Å²) in [5.74, 6) is 1.74. The summed E-state index contributed by atoms with van der Waals surface area (Å²) in [7, 11) is 6.14. The molecule has 1 aromatic heterocycles. The lowest BCUT2D eigenvalue weighted by Gasteiger charge is -2.13. The number of thioether (sulfide) groups is 1. The minimum absolute atomic E-state index is 0.0326. The second kappa shape index (κ2) is 12.2. The second-order valence-corrected chi connectivity index (χ2v) is 8.72. The summed E-state index contributed by atoms with van der Waals surface area (Å²) >= 11 is 1.12. The fourth-order valence-corrected chi connectivity index (χ4v) is 4.46. The third kappa shape index (κ3) is 5.73. The molecular weight excluding hydrogens is 508 g/mol. The predicted molar refractivity (Wildman–Crippen MR) is 146 cm³/mol. The van der Waals surface area contributed by atoms with Gasteiger partial charge in [-0.1, -0.05) is 23.9 Å². The lowest BCUT2D eigenvalue weighted by atomic mass is 10.2. The first-order chi connectivity index (χ1) is 18.5. The van der Waals surface area contributed by atoms with Crippen molar-refractivity contribution in [1.29, 1.82) is 0 Å². The van der Waals surface area contributed by atoms with E-state index in [1.807, 2.05) is 6.07 Å². The van der Waals surface area contributed by atoms with E-state index in [2.05, 4.69) is 15.5 Å². The number of para-hydroxylation sites is 1. The molecule has 4 aromatic rings. The quantitative estimate of drug-likeness (QED) is 0.142. The summed E-state index contributed by atoms with van der Waals surface area (Å²) in [5.41, 5.74) is 3.94. The Hall–Kier alpha value is -4.51. The predicted octanol–water partition coefficient (Wildman–Crippen LogP) is 3.66. The summed E-state index contributed by atoms with van der Waals surface area (Å²) < 4.78 is 22.7. The van der Waals surface area contributed by atoms with Crippen LogP contribution in [0.15, 0.2) is 75.7 Å². The first kappa shape index (κ1) is 26.6. The molecule has 38 heavy (non-hydrogen) atoms. The average Bonchev–Trinajstić information content (AvgIpc) is 2.96. The van der Waals surface area contributed by atoms with Gasteiger partial charge in [-0.15, -0.1) is 0 Å². The number of methoxy groups -OCH3 is 4. The molecule has 4 rings (SSSR count). The number of rotatable bonds is 10. The molecule has 0 bridgehead atoms. The highest BCUT2D eigenvalue weighted by atomic mass is 32.2. The highest BCUT2D eigenvalue weighted by molar-refractivity contribution is 7.99. The number of hydrazone groups is 1. The molecule has 3 aromatic carbocycles. The largest absolute Gasteiger partial charge is 0.497 e. The molecule has 0 radical (unpaired) electrons. The van der Waals surface area contributed by atoms with Gasteiger partial charge in [-0.3, -0.25) is 14.2 Å². The minimum atomic E-state index is -0.388. The normalized spacial score (nSPS) is 10.9. The summed E-state index contributed by atoms with van der Waals surface area (Å²) in [6.07, 6.45) is 1.43. The van der Waals surface area contributed by atoms with Crippen LogP contribution >= 0.6 is 11.8 Å². The van der Waals surface area contributed by atoms with Gasteiger partial charge in [0.05, 0.1) is 62.6 Å². The van der Waals surface area contributed by atoms with E-state index in [0.29, 0.717) is 50.3 Å². The van der Waals surface area contributed by atoms with Crippen LogP contribution in [-0.2, 0) is 4.79 Å². The van der Waals surface area contributed by atoms with Crippen molar-refractivity contribution < 1.29 is 23.7 Å². The topological polar surface area (TPSA) is 113 Å². The molecule has 0 saturated heterocycles. The molecule has 0 saturated carbocycles. The van der Waals surface area contributed by atoms with E-state index in [4.69, 9.17) is 18.9 Å². The molecule has 0 fully saturated rings. The fourth-order valence-electron chi connectivity index (χ4n) is 3.66. The van der Waals surface area contributed by atoms with Gasteiger partial charge in [0.2, 0.25) is 0 Å². The summed E-state index contributed by atoms with van der Waals surface area (Å²) in [6.45, 7) is 0. The van der Waals surface area contributed by atoms with E-state index in [1.54, 1.807) is 68.8 Å². The smallest absolute Gasteiger partial charge is 0.266 e. The van der Waals surface area contributed by atoms with E-state index in [9.17, 15) is 9.59 Å². The number of hydrogen-bond donors (Lipinski definition) is 1. The molecule has 1 heterocycles. The van der Waals surface area contributed by atoms with Gasteiger partial charge in [-0.25, -0.2) is 10.4 Å². The molecule has 1 amide bonds. The zero-order valence-corrected chi connectivity index (χ0v) is 22.1. The number of ether oxygens (including phenoxy) is 4. The van der Waals surface area contributed by atoms with Gasteiger partial charge < -0.3 is 18.9 Å². The van der Waals surface area contributed by atoms with Crippen molar-refractivity contribution in [3.05, 3.63) is 76.6 Å². The van der Waals surface area contributed by atoms with Gasteiger partial charge in [-0.05, 0) is 36.4 Å². The molecule has 0 aliphatic rings. The Morgan fingerprint density at radius 3 is 2.24 bits per heavy atom. The van der Waals surface area contributed by atoms with Crippen LogP contribution in [0, 0.1) is 0 Å². The molecule has 196 valence electrons. The molecule has 11 heteroatoms. The van der Waals surface area contributed by atoms with Gasteiger partial charge in [0.1, 0.15) is 23.0 Å². The zero-order valence-electron chi connectivity index (χ0n) is 21.3. The maximum atomic E-state index is 13.4. The number of benzene rings is 3. The van der Waals surface area contributed by atoms with Gasteiger partial charge in [0, 0.05) is 12.1 Å². The van der Waals surface area contributed by atoms with E-state index in [-0.39, 0.29) is 17.2 Å². The average molecular weight is 535 g/mol. The Balaban J connectivity index is 1.56. The molecule has 0 atom stereocenters. The van der Waals surface area contributed by atoms with Crippen LogP contribution < -0.4 is 29.9 Å². The molecule has 10 nitrogen and oxygen atoms in total. The summed E-state index contributed by atoms with van der Waals surface area (Å²) in [6, 6.07) is 17.5. The van der Waals surface area contributed by atoms with Crippen molar-refractivity contribution in [2.75, 3.05) is 34.2 Å². The van der Waals surface area contributed by atoms with Crippen molar-refractivity contribution in [2.24, 2.45) is 5.10 Å². The van der Waals surface area contributed by atoms with Crippen LogP contribution in [0.3, 0.4) is 0 Å². The number of carbonyl (C=O) groups excluding carboxylic acids is 1. The van der Waals surface area contributed by atoms with Crippen LogP contribution in [0.5, 0.6) is 23.0 Å². The number of nitrogens with one attached hydrogen (secondary N) is 1. The SMILES string of the molecule is COc1ccc(-n2c(SCC(=O)N/N=C/c3c(OC)cc(OC)cc3OC)nc3ccccc3c2=O)cc1. The Morgan fingerprint density at radius 2 is 1.61 bits per heavy atom. The third-order valence-electron chi connectivity index (χ3n) is 5.54. The molecule has 0 aliphatic carbocycles.